The predicted molar refractivity (Wildman–Crippen MR) is 67.5 cm³/mol. The minimum absolute atomic E-state index is 0.00547. The van der Waals surface area contributed by atoms with Gasteiger partial charge in [0.05, 0.1) is 0 Å². The van der Waals surface area contributed by atoms with Crippen LogP contribution in [-0.2, 0) is 0 Å². The van der Waals surface area contributed by atoms with E-state index in [2.05, 4.69) is 5.32 Å². The highest BCUT2D eigenvalue weighted by molar-refractivity contribution is 5.26. The van der Waals surface area contributed by atoms with Crippen LogP contribution < -0.4 is 5.32 Å². The molecule has 0 aliphatic carbocycles. The molecule has 0 saturated carbocycles. The third-order valence-corrected chi connectivity index (χ3v) is 2.93. The quantitative estimate of drug-likeness (QED) is 0.754. The fourth-order valence-corrected chi connectivity index (χ4v) is 2.04. The maximum absolute atomic E-state index is 13.8. The Balaban J connectivity index is 2.71. The van der Waals surface area contributed by atoms with Crippen molar-refractivity contribution in [3.8, 4) is 0 Å². The lowest BCUT2D eigenvalue weighted by atomic mass is 9.99. The number of nitrogens with one attached hydrogen (secondary N) is 1. The number of halogens is 4. The molecule has 0 heterocycles. The first kappa shape index (κ1) is 16.0. The van der Waals surface area contributed by atoms with Gasteiger partial charge >= 0.3 is 6.18 Å². The van der Waals surface area contributed by atoms with Crippen molar-refractivity contribution >= 4 is 0 Å². The van der Waals surface area contributed by atoms with E-state index >= 15 is 0 Å². The lowest BCUT2D eigenvalue weighted by molar-refractivity contribution is -0.135. The van der Waals surface area contributed by atoms with Crippen LogP contribution in [0.25, 0.3) is 0 Å². The topological polar surface area (TPSA) is 12.0 Å². The zero-order chi connectivity index (χ0) is 14.5. The second-order valence-electron chi connectivity index (χ2n) is 4.64. The molecule has 1 nitrogen and oxygen atoms in total. The first-order chi connectivity index (χ1) is 8.83. The fourth-order valence-electron chi connectivity index (χ4n) is 2.04. The van der Waals surface area contributed by atoms with E-state index in [-0.39, 0.29) is 24.7 Å². The molecule has 0 saturated heterocycles. The van der Waals surface area contributed by atoms with Crippen LogP contribution in [-0.4, -0.2) is 12.7 Å². The lowest BCUT2D eigenvalue weighted by Gasteiger charge is -2.19. The van der Waals surface area contributed by atoms with Gasteiger partial charge < -0.3 is 5.32 Å². The summed E-state index contributed by atoms with van der Waals surface area (Å²) in [6.07, 6.45) is -4.72. The van der Waals surface area contributed by atoms with Crippen LogP contribution in [0.3, 0.4) is 0 Å². The average molecular weight is 277 g/mol. The summed E-state index contributed by atoms with van der Waals surface area (Å²) in [7, 11) is 0. The van der Waals surface area contributed by atoms with Crippen LogP contribution in [0.15, 0.2) is 18.2 Å². The molecule has 1 atom stereocenters. The largest absolute Gasteiger partial charge is 0.389 e. The number of benzene rings is 1. The molecule has 5 heteroatoms. The van der Waals surface area contributed by atoms with Gasteiger partial charge in [-0.2, -0.15) is 13.2 Å². The molecule has 0 aliphatic rings. The van der Waals surface area contributed by atoms with Crippen molar-refractivity contribution in [1.82, 2.24) is 5.32 Å². The molecule has 1 rings (SSSR count). The normalized spacial score (nSPS) is 13.6. The summed E-state index contributed by atoms with van der Waals surface area (Å²) in [4.78, 5) is 0. The highest BCUT2D eigenvalue weighted by Crippen LogP contribution is 2.27. The van der Waals surface area contributed by atoms with Crippen molar-refractivity contribution in [1.29, 1.82) is 0 Å². The van der Waals surface area contributed by atoms with Crippen molar-refractivity contribution in [2.24, 2.45) is 0 Å². The van der Waals surface area contributed by atoms with E-state index in [0.29, 0.717) is 12.1 Å². The summed E-state index contributed by atoms with van der Waals surface area (Å²) < 4.78 is 50.2. The average Bonchev–Trinajstić information content (AvgIpc) is 2.26. The van der Waals surface area contributed by atoms with Gasteiger partial charge in [-0.15, -0.1) is 0 Å². The lowest BCUT2D eigenvalue weighted by Crippen LogP contribution is -2.22. The maximum atomic E-state index is 13.8. The summed E-state index contributed by atoms with van der Waals surface area (Å²) in [5.41, 5.74) is 1.24. The van der Waals surface area contributed by atoms with E-state index in [1.54, 1.807) is 19.1 Å². The van der Waals surface area contributed by atoms with Crippen LogP contribution >= 0.6 is 0 Å². The van der Waals surface area contributed by atoms with E-state index in [1.807, 2.05) is 6.92 Å². The Labute approximate surface area is 111 Å². The Hall–Kier alpha value is -1.10. The SMILES string of the molecule is CCNC(CCCC(F)(F)F)c1ccc(C)cc1F. The van der Waals surface area contributed by atoms with Crippen molar-refractivity contribution in [3.63, 3.8) is 0 Å². The summed E-state index contributed by atoms with van der Waals surface area (Å²) in [5, 5.41) is 3.04. The van der Waals surface area contributed by atoms with Crippen molar-refractivity contribution in [2.45, 2.75) is 45.3 Å². The van der Waals surface area contributed by atoms with Gasteiger partial charge in [-0.05, 0) is 37.9 Å². The van der Waals surface area contributed by atoms with Crippen LogP contribution in [0, 0.1) is 12.7 Å². The second-order valence-corrected chi connectivity index (χ2v) is 4.64. The Morgan fingerprint density at radius 3 is 2.47 bits per heavy atom. The third kappa shape index (κ3) is 5.59. The summed E-state index contributed by atoms with van der Waals surface area (Å²) in [6, 6.07) is 4.45. The van der Waals surface area contributed by atoms with Gasteiger partial charge in [0.2, 0.25) is 0 Å². The monoisotopic (exact) mass is 277 g/mol. The zero-order valence-electron chi connectivity index (χ0n) is 11.1. The maximum Gasteiger partial charge on any atom is 0.389 e. The van der Waals surface area contributed by atoms with Gasteiger partial charge in [0.15, 0.2) is 0 Å². The van der Waals surface area contributed by atoms with Crippen molar-refractivity contribution < 1.29 is 17.6 Å². The minimum atomic E-state index is -4.15. The Kier molecular flexibility index (Phi) is 5.79. The Bertz CT molecular complexity index is 401. The van der Waals surface area contributed by atoms with Crippen LogP contribution in [0.5, 0.6) is 0 Å². The molecule has 1 N–H and O–H groups in total. The first-order valence-electron chi connectivity index (χ1n) is 6.39. The minimum Gasteiger partial charge on any atom is -0.310 e. The molecule has 0 spiro atoms. The standard InChI is InChI=1S/C14H19F4N/c1-3-19-13(5-4-8-14(16,17)18)11-7-6-10(2)9-12(11)15/h6-7,9,13,19H,3-5,8H2,1-2H3. The predicted octanol–water partition coefficient (Wildman–Crippen LogP) is 4.52. The molecule has 0 fully saturated rings. The molecule has 0 aliphatic heterocycles. The number of aryl methyl sites for hydroxylation is 1. The van der Waals surface area contributed by atoms with E-state index in [4.69, 9.17) is 0 Å². The Morgan fingerprint density at radius 2 is 1.95 bits per heavy atom. The molecule has 0 aromatic heterocycles. The van der Waals surface area contributed by atoms with Crippen LogP contribution in [0.2, 0.25) is 0 Å². The molecular weight excluding hydrogens is 258 g/mol. The van der Waals surface area contributed by atoms with E-state index in [0.717, 1.165) is 5.56 Å². The Morgan fingerprint density at radius 1 is 1.26 bits per heavy atom. The molecule has 1 unspecified atom stereocenters. The fraction of sp³-hybridized carbons (Fsp3) is 0.571. The zero-order valence-corrected chi connectivity index (χ0v) is 11.1. The van der Waals surface area contributed by atoms with Gasteiger partial charge in [0, 0.05) is 18.0 Å². The van der Waals surface area contributed by atoms with Gasteiger partial charge in [0.1, 0.15) is 5.82 Å². The van der Waals surface area contributed by atoms with Gasteiger partial charge in [-0.3, -0.25) is 0 Å². The molecular formula is C14H19F4N. The number of hydrogen-bond donors (Lipinski definition) is 1. The molecule has 0 amide bonds. The number of alkyl halides is 3. The molecule has 108 valence electrons. The van der Waals surface area contributed by atoms with Gasteiger partial charge in [0.25, 0.3) is 0 Å². The molecule has 1 aromatic carbocycles. The molecule has 1 aromatic rings. The van der Waals surface area contributed by atoms with E-state index in [9.17, 15) is 17.6 Å². The summed E-state index contributed by atoms with van der Waals surface area (Å²) in [6.45, 7) is 4.21. The highest BCUT2D eigenvalue weighted by atomic mass is 19.4. The number of rotatable bonds is 6. The van der Waals surface area contributed by atoms with E-state index in [1.165, 1.54) is 6.07 Å². The van der Waals surface area contributed by atoms with Crippen molar-refractivity contribution in [3.05, 3.63) is 35.1 Å². The van der Waals surface area contributed by atoms with Crippen LogP contribution in [0.1, 0.15) is 43.4 Å². The first-order valence-corrected chi connectivity index (χ1v) is 6.39. The van der Waals surface area contributed by atoms with Gasteiger partial charge in [-0.25, -0.2) is 4.39 Å². The smallest absolute Gasteiger partial charge is 0.310 e. The molecule has 0 radical (unpaired) electrons. The van der Waals surface area contributed by atoms with Crippen LogP contribution in [0.4, 0.5) is 17.6 Å². The number of hydrogen-bond acceptors (Lipinski definition) is 1. The third-order valence-electron chi connectivity index (χ3n) is 2.93. The molecule has 19 heavy (non-hydrogen) atoms. The van der Waals surface area contributed by atoms with Gasteiger partial charge in [-0.1, -0.05) is 19.1 Å². The summed E-state index contributed by atoms with van der Waals surface area (Å²) in [5.74, 6) is -0.363. The second kappa shape index (κ2) is 6.89. The summed E-state index contributed by atoms with van der Waals surface area (Å²) >= 11 is 0. The highest BCUT2D eigenvalue weighted by Gasteiger charge is 2.27. The van der Waals surface area contributed by atoms with Crippen molar-refractivity contribution in [2.75, 3.05) is 6.54 Å². The van der Waals surface area contributed by atoms with E-state index < -0.39 is 12.6 Å². The molecule has 0 bridgehead atoms.